The molecule has 0 saturated heterocycles. The summed E-state index contributed by atoms with van der Waals surface area (Å²) in [4.78, 5) is 13.1. The first kappa shape index (κ1) is 11.1. The molecule has 0 aliphatic heterocycles. The number of nitriles is 1. The van der Waals surface area contributed by atoms with Crippen LogP contribution in [0.15, 0.2) is 0 Å². The quantitative estimate of drug-likeness (QED) is 0.615. The molecule has 0 aromatic rings. The van der Waals surface area contributed by atoms with Crippen LogP contribution in [0.4, 0.5) is 0 Å². The van der Waals surface area contributed by atoms with Crippen molar-refractivity contribution < 1.29 is 4.79 Å². The Bertz CT molecular complexity index is 241. The standard InChI is InChI=1S/C10H15BN2O/c1-13(10(14)6-7-12)9-4-2-8(11)3-5-9/h8-9H,2-6H2,1H3. The molecule has 1 aliphatic carbocycles. The second kappa shape index (κ2) is 5.04. The van der Waals surface area contributed by atoms with Gasteiger partial charge in [0.1, 0.15) is 6.42 Å². The second-order valence-electron chi connectivity index (χ2n) is 3.91. The molecule has 1 amide bonds. The number of amides is 1. The summed E-state index contributed by atoms with van der Waals surface area (Å²) >= 11 is 0. The summed E-state index contributed by atoms with van der Waals surface area (Å²) in [5.74, 6) is 0.221. The molecule has 1 fully saturated rings. The minimum Gasteiger partial charge on any atom is -0.342 e. The number of carbonyl (C=O) groups excluding carboxylic acids is 1. The van der Waals surface area contributed by atoms with Gasteiger partial charge < -0.3 is 4.90 Å². The lowest BCUT2D eigenvalue weighted by atomic mass is 9.74. The fourth-order valence-electron chi connectivity index (χ4n) is 1.88. The van der Waals surface area contributed by atoms with Crippen molar-refractivity contribution in [1.82, 2.24) is 4.90 Å². The first-order valence-electron chi connectivity index (χ1n) is 5.03. The number of hydrogen-bond donors (Lipinski definition) is 0. The molecular weight excluding hydrogens is 175 g/mol. The molecule has 74 valence electrons. The van der Waals surface area contributed by atoms with Crippen molar-refractivity contribution in [2.45, 2.75) is 44.0 Å². The van der Waals surface area contributed by atoms with Crippen molar-refractivity contribution in [2.75, 3.05) is 7.05 Å². The molecule has 0 atom stereocenters. The van der Waals surface area contributed by atoms with Gasteiger partial charge in [-0.25, -0.2) is 0 Å². The molecule has 14 heavy (non-hydrogen) atoms. The average molecular weight is 190 g/mol. The van der Waals surface area contributed by atoms with E-state index in [9.17, 15) is 4.79 Å². The van der Waals surface area contributed by atoms with Gasteiger partial charge in [-0.1, -0.05) is 18.7 Å². The van der Waals surface area contributed by atoms with Crippen LogP contribution in [0.2, 0.25) is 5.82 Å². The van der Waals surface area contributed by atoms with Crippen molar-refractivity contribution >= 4 is 13.8 Å². The molecule has 3 nitrogen and oxygen atoms in total. The van der Waals surface area contributed by atoms with E-state index in [0.29, 0.717) is 5.82 Å². The van der Waals surface area contributed by atoms with E-state index in [-0.39, 0.29) is 18.4 Å². The Morgan fingerprint density at radius 2 is 2.07 bits per heavy atom. The maximum Gasteiger partial charge on any atom is 0.236 e. The predicted octanol–water partition coefficient (Wildman–Crippen LogP) is 1.26. The van der Waals surface area contributed by atoms with Crippen LogP contribution >= 0.6 is 0 Å². The molecule has 0 bridgehead atoms. The van der Waals surface area contributed by atoms with E-state index >= 15 is 0 Å². The van der Waals surface area contributed by atoms with E-state index in [4.69, 9.17) is 13.1 Å². The molecule has 0 unspecified atom stereocenters. The molecule has 0 N–H and O–H groups in total. The van der Waals surface area contributed by atoms with Gasteiger partial charge in [0.25, 0.3) is 0 Å². The topological polar surface area (TPSA) is 44.1 Å². The lowest BCUT2D eigenvalue weighted by Gasteiger charge is -2.33. The van der Waals surface area contributed by atoms with Crippen LogP contribution in [0.25, 0.3) is 0 Å². The Morgan fingerprint density at radius 3 is 2.57 bits per heavy atom. The summed E-state index contributed by atoms with van der Waals surface area (Å²) < 4.78 is 0. The first-order valence-corrected chi connectivity index (χ1v) is 5.03. The SMILES string of the molecule is [B]C1CCC(N(C)C(=O)CC#N)CC1. The summed E-state index contributed by atoms with van der Waals surface area (Å²) in [5, 5.41) is 8.41. The Balaban J connectivity index is 2.41. The van der Waals surface area contributed by atoms with Crippen molar-refractivity contribution in [3.63, 3.8) is 0 Å². The van der Waals surface area contributed by atoms with Crippen LogP contribution in [0.1, 0.15) is 32.1 Å². The van der Waals surface area contributed by atoms with Crippen LogP contribution < -0.4 is 0 Å². The Labute approximate surface area is 86.5 Å². The molecule has 2 radical (unpaired) electrons. The van der Waals surface area contributed by atoms with E-state index in [0.717, 1.165) is 25.7 Å². The average Bonchev–Trinajstić information content (AvgIpc) is 2.18. The van der Waals surface area contributed by atoms with Crippen LogP contribution in [-0.2, 0) is 4.79 Å². The summed E-state index contributed by atoms with van der Waals surface area (Å²) in [6, 6.07) is 2.17. The highest BCUT2D eigenvalue weighted by atomic mass is 16.2. The molecular formula is C10H15BN2O. The number of rotatable bonds is 2. The molecule has 1 saturated carbocycles. The Hall–Kier alpha value is -0.975. The van der Waals surface area contributed by atoms with Crippen molar-refractivity contribution in [3.05, 3.63) is 0 Å². The summed E-state index contributed by atoms with van der Waals surface area (Å²) in [7, 11) is 7.56. The maximum absolute atomic E-state index is 11.4. The van der Waals surface area contributed by atoms with Gasteiger partial charge in [0.05, 0.1) is 13.9 Å². The molecule has 1 rings (SSSR count). The minimum absolute atomic E-state index is 0.0148. The molecule has 1 aliphatic rings. The highest BCUT2D eigenvalue weighted by molar-refractivity contribution is 6.11. The maximum atomic E-state index is 11.4. The largest absolute Gasteiger partial charge is 0.342 e. The van der Waals surface area contributed by atoms with E-state index in [1.807, 2.05) is 6.07 Å². The highest BCUT2D eigenvalue weighted by Crippen LogP contribution is 2.28. The van der Waals surface area contributed by atoms with Gasteiger partial charge in [-0.15, -0.1) is 0 Å². The van der Waals surface area contributed by atoms with Gasteiger partial charge in [0, 0.05) is 13.1 Å². The van der Waals surface area contributed by atoms with Gasteiger partial charge in [-0.2, -0.15) is 5.26 Å². The monoisotopic (exact) mass is 190 g/mol. The zero-order valence-electron chi connectivity index (χ0n) is 8.57. The van der Waals surface area contributed by atoms with Crippen LogP contribution in [0.5, 0.6) is 0 Å². The predicted molar refractivity (Wildman–Crippen MR) is 54.8 cm³/mol. The van der Waals surface area contributed by atoms with E-state index < -0.39 is 0 Å². The highest BCUT2D eigenvalue weighted by Gasteiger charge is 2.23. The molecule has 0 spiro atoms. The van der Waals surface area contributed by atoms with Gasteiger partial charge in [-0.3, -0.25) is 4.79 Å². The summed E-state index contributed by atoms with van der Waals surface area (Å²) in [5.41, 5.74) is 0. The third-order valence-electron chi connectivity index (χ3n) is 2.91. The van der Waals surface area contributed by atoms with Crippen LogP contribution in [-0.4, -0.2) is 31.7 Å². The Kier molecular flexibility index (Phi) is 4.00. The van der Waals surface area contributed by atoms with Gasteiger partial charge in [-0.05, 0) is 12.8 Å². The lowest BCUT2D eigenvalue weighted by molar-refractivity contribution is -0.131. The van der Waals surface area contributed by atoms with E-state index in [2.05, 4.69) is 0 Å². The van der Waals surface area contributed by atoms with Gasteiger partial charge in [0.15, 0.2) is 0 Å². The van der Waals surface area contributed by atoms with E-state index in [1.165, 1.54) is 0 Å². The fourth-order valence-corrected chi connectivity index (χ4v) is 1.88. The van der Waals surface area contributed by atoms with E-state index in [1.54, 1.807) is 11.9 Å². The number of nitrogens with zero attached hydrogens (tertiary/aromatic N) is 2. The lowest BCUT2D eigenvalue weighted by Crippen LogP contribution is -2.38. The number of hydrogen-bond acceptors (Lipinski definition) is 2. The molecule has 0 aromatic heterocycles. The zero-order valence-corrected chi connectivity index (χ0v) is 8.57. The second-order valence-corrected chi connectivity index (χ2v) is 3.91. The first-order chi connectivity index (χ1) is 6.65. The normalized spacial score (nSPS) is 26.6. The third kappa shape index (κ3) is 2.76. The number of carbonyl (C=O) groups is 1. The van der Waals surface area contributed by atoms with Crippen molar-refractivity contribution in [3.8, 4) is 6.07 Å². The van der Waals surface area contributed by atoms with Gasteiger partial charge in [0.2, 0.25) is 5.91 Å². The van der Waals surface area contributed by atoms with Gasteiger partial charge >= 0.3 is 0 Å². The van der Waals surface area contributed by atoms with Crippen molar-refractivity contribution in [1.29, 1.82) is 5.26 Å². The molecule has 0 aromatic carbocycles. The van der Waals surface area contributed by atoms with Crippen LogP contribution in [0, 0.1) is 11.3 Å². The minimum atomic E-state index is -0.0760. The van der Waals surface area contributed by atoms with Crippen LogP contribution in [0.3, 0.4) is 0 Å². The molecule has 4 heteroatoms. The fraction of sp³-hybridized carbons (Fsp3) is 0.800. The summed E-state index contributed by atoms with van der Waals surface area (Å²) in [6.45, 7) is 0. The third-order valence-corrected chi connectivity index (χ3v) is 2.91. The molecule has 0 heterocycles. The zero-order chi connectivity index (χ0) is 10.6. The smallest absolute Gasteiger partial charge is 0.236 e. The van der Waals surface area contributed by atoms with Crippen molar-refractivity contribution in [2.24, 2.45) is 0 Å². The Morgan fingerprint density at radius 1 is 1.50 bits per heavy atom. The summed E-state index contributed by atoms with van der Waals surface area (Å²) in [6.07, 6.45) is 3.88.